The average molecular weight is 208 g/mol. The Morgan fingerprint density at radius 2 is 2.07 bits per heavy atom. The van der Waals surface area contributed by atoms with Crippen molar-refractivity contribution >= 4 is 16.5 Å². The number of nitrogens with one attached hydrogen (secondary N) is 1. The summed E-state index contributed by atoms with van der Waals surface area (Å²) in [4.78, 5) is 6.30. The van der Waals surface area contributed by atoms with Gasteiger partial charge in [0.2, 0.25) is 0 Å². The largest absolute Gasteiger partial charge is 0.365 e. The van der Waals surface area contributed by atoms with Gasteiger partial charge in [-0.25, -0.2) is 4.98 Å². The SMILES string of the molecule is CNc1nc2c(s1)CCC21CCCC1. The third-order valence-corrected chi connectivity index (χ3v) is 4.94. The first kappa shape index (κ1) is 8.72. The summed E-state index contributed by atoms with van der Waals surface area (Å²) in [5.74, 6) is 0. The van der Waals surface area contributed by atoms with Crippen molar-refractivity contribution in [2.75, 3.05) is 12.4 Å². The van der Waals surface area contributed by atoms with Gasteiger partial charge in [0.1, 0.15) is 0 Å². The summed E-state index contributed by atoms with van der Waals surface area (Å²) < 4.78 is 0. The first-order valence-electron chi connectivity index (χ1n) is 5.52. The molecule has 0 amide bonds. The van der Waals surface area contributed by atoms with Crippen LogP contribution in [0.1, 0.15) is 42.7 Å². The van der Waals surface area contributed by atoms with Gasteiger partial charge in [0.15, 0.2) is 5.13 Å². The molecule has 2 aliphatic carbocycles. The summed E-state index contributed by atoms with van der Waals surface area (Å²) in [6, 6.07) is 0. The van der Waals surface area contributed by atoms with Crippen molar-refractivity contribution in [3.05, 3.63) is 10.6 Å². The molecule has 1 spiro atoms. The van der Waals surface area contributed by atoms with Crippen LogP contribution in [0.15, 0.2) is 0 Å². The fraction of sp³-hybridized carbons (Fsp3) is 0.727. The molecule has 0 aliphatic heterocycles. The zero-order chi connectivity index (χ0) is 9.60. The highest BCUT2D eigenvalue weighted by Gasteiger charge is 2.43. The highest BCUT2D eigenvalue weighted by Crippen LogP contribution is 2.51. The molecule has 0 aromatic carbocycles. The van der Waals surface area contributed by atoms with Gasteiger partial charge in [-0.2, -0.15) is 0 Å². The van der Waals surface area contributed by atoms with Gasteiger partial charge in [0.05, 0.1) is 5.69 Å². The molecule has 0 bridgehead atoms. The summed E-state index contributed by atoms with van der Waals surface area (Å²) in [6.07, 6.45) is 8.22. The number of aryl methyl sites for hydroxylation is 1. The quantitative estimate of drug-likeness (QED) is 0.767. The van der Waals surface area contributed by atoms with Crippen LogP contribution >= 0.6 is 11.3 Å². The van der Waals surface area contributed by atoms with Gasteiger partial charge in [-0.1, -0.05) is 12.8 Å². The average Bonchev–Trinajstić information content (AvgIpc) is 2.88. The standard InChI is InChI=1S/C11H16N2S/c1-12-10-13-9-8(14-10)4-7-11(9)5-2-3-6-11/h2-7H2,1H3,(H,12,13). The van der Waals surface area contributed by atoms with E-state index < -0.39 is 0 Å². The fourth-order valence-electron chi connectivity index (χ4n) is 3.05. The molecule has 2 nitrogen and oxygen atoms in total. The van der Waals surface area contributed by atoms with E-state index in [0.717, 1.165) is 5.13 Å². The Hall–Kier alpha value is -0.570. The Morgan fingerprint density at radius 3 is 2.79 bits per heavy atom. The van der Waals surface area contributed by atoms with Crippen molar-refractivity contribution < 1.29 is 0 Å². The Balaban J connectivity index is 2.03. The van der Waals surface area contributed by atoms with Crippen LogP contribution in [0.5, 0.6) is 0 Å². The molecule has 1 aromatic rings. The molecular formula is C11H16N2S. The molecule has 76 valence electrons. The second-order valence-corrected chi connectivity index (χ2v) is 5.61. The second-order valence-electron chi connectivity index (χ2n) is 4.53. The van der Waals surface area contributed by atoms with Gasteiger partial charge in [-0.3, -0.25) is 0 Å². The van der Waals surface area contributed by atoms with Crippen LogP contribution in [0.3, 0.4) is 0 Å². The third kappa shape index (κ3) is 1.05. The molecule has 1 fully saturated rings. The molecule has 1 saturated carbocycles. The van der Waals surface area contributed by atoms with Gasteiger partial charge >= 0.3 is 0 Å². The van der Waals surface area contributed by atoms with Crippen molar-refractivity contribution in [1.82, 2.24) is 4.98 Å². The Labute approximate surface area is 88.7 Å². The van der Waals surface area contributed by atoms with Crippen molar-refractivity contribution in [3.63, 3.8) is 0 Å². The Kier molecular flexibility index (Phi) is 1.84. The minimum atomic E-state index is 0.501. The first-order chi connectivity index (χ1) is 6.84. The van der Waals surface area contributed by atoms with E-state index >= 15 is 0 Å². The van der Waals surface area contributed by atoms with Crippen molar-refractivity contribution in [2.24, 2.45) is 0 Å². The fourth-order valence-corrected chi connectivity index (χ4v) is 4.09. The lowest BCUT2D eigenvalue weighted by atomic mass is 9.84. The van der Waals surface area contributed by atoms with E-state index in [1.807, 2.05) is 18.4 Å². The van der Waals surface area contributed by atoms with Gasteiger partial charge < -0.3 is 5.32 Å². The van der Waals surface area contributed by atoms with Crippen molar-refractivity contribution in [3.8, 4) is 0 Å². The van der Waals surface area contributed by atoms with E-state index in [-0.39, 0.29) is 0 Å². The number of hydrogen-bond donors (Lipinski definition) is 1. The van der Waals surface area contributed by atoms with Gasteiger partial charge in [0, 0.05) is 17.3 Å². The van der Waals surface area contributed by atoms with E-state index in [2.05, 4.69) is 5.32 Å². The van der Waals surface area contributed by atoms with Crippen LogP contribution in [-0.2, 0) is 11.8 Å². The number of rotatable bonds is 1. The minimum Gasteiger partial charge on any atom is -0.365 e. The molecule has 0 unspecified atom stereocenters. The van der Waals surface area contributed by atoms with E-state index in [9.17, 15) is 0 Å². The van der Waals surface area contributed by atoms with Crippen molar-refractivity contribution in [2.45, 2.75) is 43.9 Å². The van der Waals surface area contributed by atoms with E-state index in [4.69, 9.17) is 4.98 Å². The first-order valence-corrected chi connectivity index (χ1v) is 6.34. The molecule has 0 atom stereocenters. The van der Waals surface area contributed by atoms with Crippen LogP contribution < -0.4 is 5.32 Å². The van der Waals surface area contributed by atoms with Crippen LogP contribution in [0.4, 0.5) is 5.13 Å². The summed E-state index contributed by atoms with van der Waals surface area (Å²) in [5, 5.41) is 4.28. The highest BCUT2D eigenvalue weighted by atomic mass is 32.1. The van der Waals surface area contributed by atoms with Crippen LogP contribution in [0.2, 0.25) is 0 Å². The molecule has 1 N–H and O–H groups in total. The molecule has 3 heteroatoms. The van der Waals surface area contributed by atoms with E-state index in [1.54, 1.807) is 4.88 Å². The summed E-state index contributed by atoms with van der Waals surface area (Å²) in [5.41, 5.74) is 1.95. The molecule has 1 heterocycles. The van der Waals surface area contributed by atoms with Crippen LogP contribution in [-0.4, -0.2) is 12.0 Å². The van der Waals surface area contributed by atoms with Gasteiger partial charge in [-0.15, -0.1) is 11.3 Å². The number of aromatic nitrogens is 1. The van der Waals surface area contributed by atoms with Gasteiger partial charge in [-0.05, 0) is 25.7 Å². The van der Waals surface area contributed by atoms with Gasteiger partial charge in [0.25, 0.3) is 0 Å². The summed E-state index contributed by atoms with van der Waals surface area (Å²) >= 11 is 1.86. The number of hydrogen-bond acceptors (Lipinski definition) is 3. The number of fused-ring (bicyclic) bond motifs is 2. The predicted octanol–water partition coefficient (Wildman–Crippen LogP) is 2.94. The third-order valence-electron chi connectivity index (χ3n) is 3.80. The maximum atomic E-state index is 4.75. The monoisotopic (exact) mass is 208 g/mol. The normalized spacial score (nSPS) is 22.9. The zero-order valence-corrected chi connectivity index (χ0v) is 9.41. The number of nitrogens with zero attached hydrogens (tertiary/aromatic N) is 1. The molecule has 0 saturated heterocycles. The topological polar surface area (TPSA) is 24.9 Å². The molecule has 0 radical (unpaired) electrons. The zero-order valence-electron chi connectivity index (χ0n) is 8.60. The Bertz CT molecular complexity index is 350. The molecular weight excluding hydrogens is 192 g/mol. The van der Waals surface area contributed by atoms with Crippen LogP contribution in [0, 0.1) is 0 Å². The smallest absolute Gasteiger partial charge is 0.182 e. The lowest BCUT2D eigenvalue weighted by molar-refractivity contribution is 0.429. The van der Waals surface area contributed by atoms with Crippen molar-refractivity contribution in [1.29, 1.82) is 0 Å². The highest BCUT2D eigenvalue weighted by molar-refractivity contribution is 7.15. The van der Waals surface area contributed by atoms with Crippen LogP contribution in [0.25, 0.3) is 0 Å². The maximum absolute atomic E-state index is 4.75. The summed E-state index contributed by atoms with van der Waals surface area (Å²) in [7, 11) is 1.97. The lowest BCUT2D eigenvalue weighted by Crippen LogP contribution is -2.18. The number of anilines is 1. The second kappa shape index (κ2) is 2.96. The molecule has 2 aliphatic rings. The predicted molar refractivity (Wildman–Crippen MR) is 60.1 cm³/mol. The minimum absolute atomic E-state index is 0.501. The van der Waals surface area contributed by atoms with E-state index in [1.165, 1.54) is 44.2 Å². The van der Waals surface area contributed by atoms with E-state index in [0.29, 0.717) is 5.41 Å². The maximum Gasteiger partial charge on any atom is 0.182 e. The molecule has 1 aromatic heterocycles. The lowest BCUT2D eigenvalue weighted by Gasteiger charge is -2.21. The molecule has 3 rings (SSSR count). The molecule has 14 heavy (non-hydrogen) atoms. The Morgan fingerprint density at radius 1 is 1.29 bits per heavy atom. The summed E-state index contributed by atoms with van der Waals surface area (Å²) in [6.45, 7) is 0. The number of thiazole rings is 1.